The van der Waals surface area contributed by atoms with Gasteiger partial charge in [0.1, 0.15) is 40.7 Å². The Labute approximate surface area is 376 Å². The van der Waals surface area contributed by atoms with E-state index >= 15 is 0 Å². The first-order valence-electron chi connectivity index (χ1n) is 22.4. The maximum absolute atomic E-state index is 13.1. The molecule has 4 aliphatic rings. The molecule has 1 spiro atoms. The number of methoxy groups -OCH3 is 1. The lowest BCUT2D eigenvalue weighted by Gasteiger charge is -2.52. The molecule has 328 valence electrons. The van der Waals surface area contributed by atoms with Crippen LogP contribution in [0.1, 0.15) is 118 Å². The van der Waals surface area contributed by atoms with Gasteiger partial charge in [0.15, 0.2) is 23.2 Å². The third-order valence-corrected chi connectivity index (χ3v) is 15.1. The summed E-state index contributed by atoms with van der Waals surface area (Å²) in [5.41, 5.74) is 7.03. The highest BCUT2D eigenvalue weighted by atomic mass is 32.1. The van der Waals surface area contributed by atoms with Crippen molar-refractivity contribution in [3.05, 3.63) is 123 Å². The highest BCUT2D eigenvalue weighted by Crippen LogP contribution is 2.54. The second kappa shape index (κ2) is 17.3. The molecule has 2 saturated carbocycles. The number of rotatable bonds is 11. The fourth-order valence-corrected chi connectivity index (χ4v) is 11.5. The molecule has 1 saturated heterocycles. The minimum atomic E-state index is -0.290. The van der Waals surface area contributed by atoms with E-state index in [0.717, 1.165) is 97.3 Å². The number of aryl methyl sites for hydroxylation is 2. The molecule has 0 radical (unpaired) electrons. The van der Waals surface area contributed by atoms with Crippen molar-refractivity contribution in [2.45, 2.75) is 103 Å². The van der Waals surface area contributed by atoms with Gasteiger partial charge in [-0.15, -0.1) is 31.7 Å². The van der Waals surface area contributed by atoms with Crippen LogP contribution in [0.25, 0.3) is 5.00 Å². The predicted molar refractivity (Wildman–Crippen MR) is 243 cm³/mol. The van der Waals surface area contributed by atoms with Crippen LogP contribution in [-0.2, 0) is 12.8 Å². The molecule has 4 aromatic heterocycles. The van der Waals surface area contributed by atoms with E-state index < -0.39 is 0 Å². The van der Waals surface area contributed by atoms with Crippen LogP contribution in [-0.4, -0.2) is 73.9 Å². The van der Waals surface area contributed by atoms with E-state index in [2.05, 4.69) is 84.3 Å². The topological polar surface area (TPSA) is 169 Å². The van der Waals surface area contributed by atoms with Gasteiger partial charge < -0.3 is 24.1 Å². The second-order valence-electron chi connectivity index (χ2n) is 18.0. The monoisotopic (exact) mass is 876 g/mol. The Bertz CT molecular complexity index is 2710. The number of fused-ring (bicyclic) bond motifs is 3. The summed E-state index contributed by atoms with van der Waals surface area (Å²) >= 11 is 1.77. The lowest BCUT2D eigenvalue weighted by Crippen LogP contribution is -2.47. The van der Waals surface area contributed by atoms with E-state index in [0.29, 0.717) is 46.4 Å². The molecule has 64 heavy (non-hydrogen) atoms. The van der Waals surface area contributed by atoms with Crippen LogP contribution >= 0.6 is 11.3 Å². The van der Waals surface area contributed by atoms with Crippen LogP contribution in [0.15, 0.2) is 76.5 Å². The van der Waals surface area contributed by atoms with Crippen molar-refractivity contribution in [1.82, 2.24) is 35.3 Å². The average Bonchev–Trinajstić information content (AvgIpc) is 4.02. The molecule has 3 fully saturated rings. The summed E-state index contributed by atoms with van der Waals surface area (Å²) in [4.78, 5) is 26.5. The van der Waals surface area contributed by atoms with Crippen molar-refractivity contribution >= 4 is 28.8 Å². The number of benzene rings is 2. The van der Waals surface area contributed by atoms with Crippen LogP contribution in [0, 0.1) is 43.4 Å². The zero-order chi connectivity index (χ0) is 44.0. The molecular weight excluding hydrogens is 825 g/mol. The first-order valence-corrected chi connectivity index (χ1v) is 23.2. The number of nitrogens with one attached hydrogen (secondary N) is 1. The molecule has 2 aromatic carbocycles. The number of piperidine rings is 1. The molecule has 2 aliphatic carbocycles. The highest BCUT2D eigenvalue weighted by Gasteiger charge is 2.45. The standard InChI is InChI=1S/C49H52N10O4S/c1-29-30(2)64-48-44(29)45(53-40(25-43-51-19-22-62-43)46-57-54-31(3)59(46)48)34-7-5-32(6-8-34)23-33-26-49(27-33)17-20-58(21-18-49)42-16-15-39(55-56-42)47(60)52-36-10-13-37(14-11-36)63-38-12-9-35(28-50)41(24-38)61-4/h5-9,12,15-16,19,22,24,33,36-37,40H,10-11,13-14,17-18,20-21,23,25-27H2,1-4H3,(H,52,60)/t36?,37?,40-/m0/s1. The number of nitrogens with zero attached hydrogens (tertiary/aromatic N) is 9. The van der Waals surface area contributed by atoms with Crippen molar-refractivity contribution in [2.24, 2.45) is 16.3 Å². The molecule has 6 aromatic rings. The van der Waals surface area contributed by atoms with Crippen molar-refractivity contribution in [2.75, 3.05) is 25.1 Å². The predicted octanol–water partition coefficient (Wildman–Crippen LogP) is 8.41. The molecule has 14 nitrogen and oxygen atoms in total. The third-order valence-electron chi connectivity index (χ3n) is 13.9. The number of hydrogen-bond acceptors (Lipinski definition) is 13. The van der Waals surface area contributed by atoms with Crippen molar-refractivity contribution in [3.8, 4) is 22.6 Å². The SMILES string of the molecule is COc1cc(OC2CCC(NC(=O)c3ccc(N4CCC5(CC4)CC(Cc4ccc(C6=N[C@@H](Cc7ncco7)c7nnc(C)n7-c7sc(C)c(C)c76)cc4)C5)nn3)CC2)ccc1C#N. The van der Waals surface area contributed by atoms with Crippen molar-refractivity contribution in [1.29, 1.82) is 5.26 Å². The summed E-state index contributed by atoms with van der Waals surface area (Å²) in [5, 5.41) is 31.5. The lowest BCUT2D eigenvalue weighted by atomic mass is 9.56. The zero-order valence-electron chi connectivity index (χ0n) is 36.7. The van der Waals surface area contributed by atoms with Crippen LogP contribution in [0.2, 0.25) is 0 Å². The maximum atomic E-state index is 13.1. The maximum Gasteiger partial charge on any atom is 0.272 e. The summed E-state index contributed by atoms with van der Waals surface area (Å²) in [5.74, 6) is 4.78. The first-order chi connectivity index (χ1) is 31.2. The summed E-state index contributed by atoms with van der Waals surface area (Å²) in [7, 11) is 1.55. The molecular formula is C49H52N10O4S. The number of oxazole rings is 1. The van der Waals surface area contributed by atoms with E-state index in [1.54, 1.807) is 55.2 Å². The van der Waals surface area contributed by atoms with E-state index in [9.17, 15) is 10.1 Å². The van der Waals surface area contributed by atoms with E-state index in [4.69, 9.17) is 18.9 Å². The van der Waals surface area contributed by atoms with E-state index in [1.165, 1.54) is 28.8 Å². The van der Waals surface area contributed by atoms with Gasteiger partial charge >= 0.3 is 0 Å². The number of nitriles is 1. The van der Waals surface area contributed by atoms with Gasteiger partial charge in [0.25, 0.3) is 5.91 Å². The molecule has 2 aliphatic heterocycles. The number of hydrogen-bond donors (Lipinski definition) is 1. The van der Waals surface area contributed by atoms with Crippen LogP contribution in [0.4, 0.5) is 5.82 Å². The molecule has 0 unspecified atom stereocenters. The highest BCUT2D eigenvalue weighted by molar-refractivity contribution is 7.15. The molecule has 1 amide bonds. The largest absolute Gasteiger partial charge is 0.495 e. The summed E-state index contributed by atoms with van der Waals surface area (Å²) in [6, 6.07) is 20.0. The number of aliphatic imine (C=N–C) groups is 1. The molecule has 0 bridgehead atoms. The van der Waals surface area contributed by atoms with Gasteiger partial charge in [0.05, 0.1) is 37.1 Å². The molecule has 15 heteroatoms. The third kappa shape index (κ3) is 8.15. The Morgan fingerprint density at radius 3 is 2.47 bits per heavy atom. The number of aromatic nitrogens is 6. The van der Waals surface area contributed by atoms with Gasteiger partial charge in [-0.2, -0.15) is 5.26 Å². The quantitative estimate of drug-likeness (QED) is 0.133. The second-order valence-corrected chi connectivity index (χ2v) is 19.2. The first kappa shape index (κ1) is 41.6. The Morgan fingerprint density at radius 1 is 0.969 bits per heavy atom. The van der Waals surface area contributed by atoms with E-state index in [1.807, 2.05) is 13.0 Å². The van der Waals surface area contributed by atoms with Gasteiger partial charge in [-0.25, -0.2) is 4.98 Å². The number of anilines is 1. The van der Waals surface area contributed by atoms with E-state index in [-0.39, 0.29) is 24.1 Å². The molecule has 1 N–H and O–H groups in total. The Balaban J connectivity index is 0.708. The van der Waals surface area contributed by atoms with Gasteiger partial charge in [-0.3, -0.25) is 14.4 Å². The number of ether oxygens (including phenoxy) is 2. The van der Waals surface area contributed by atoms with Gasteiger partial charge in [0, 0.05) is 41.2 Å². The van der Waals surface area contributed by atoms with Crippen molar-refractivity contribution in [3.63, 3.8) is 0 Å². The number of amides is 1. The smallest absolute Gasteiger partial charge is 0.272 e. The lowest BCUT2D eigenvalue weighted by molar-refractivity contribution is 0.0282. The Hall–Kier alpha value is -6.40. The minimum Gasteiger partial charge on any atom is -0.495 e. The fraction of sp³-hybridized carbons (Fsp3) is 0.429. The van der Waals surface area contributed by atoms with Crippen LogP contribution < -0.4 is 19.7 Å². The van der Waals surface area contributed by atoms with Crippen molar-refractivity contribution < 1.29 is 18.7 Å². The zero-order valence-corrected chi connectivity index (χ0v) is 37.5. The Kier molecular flexibility index (Phi) is 11.2. The molecule has 6 heterocycles. The Morgan fingerprint density at radius 2 is 1.77 bits per heavy atom. The summed E-state index contributed by atoms with van der Waals surface area (Å²) in [6.45, 7) is 8.25. The number of carbonyl (C=O) groups is 1. The minimum absolute atomic E-state index is 0.0394. The number of carbonyl (C=O) groups excluding carboxylic acids is 1. The average molecular weight is 877 g/mol. The summed E-state index contributed by atoms with van der Waals surface area (Å²) in [6.07, 6.45) is 12.9. The van der Waals surface area contributed by atoms with Crippen LogP contribution in [0.3, 0.4) is 0 Å². The fourth-order valence-electron chi connectivity index (χ4n) is 10.3. The normalized spacial score (nSPS) is 20.3. The van der Waals surface area contributed by atoms with Gasteiger partial charge in [-0.05, 0) is 125 Å². The van der Waals surface area contributed by atoms with Crippen LogP contribution in [0.5, 0.6) is 11.5 Å². The van der Waals surface area contributed by atoms with Gasteiger partial charge in [0.2, 0.25) is 0 Å². The molecule has 10 rings (SSSR count). The van der Waals surface area contributed by atoms with Gasteiger partial charge in [-0.1, -0.05) is 24.3 Å². The number of thiophene rings is 1. The summed E-state index contributed by atoms with van der Waals surface area (Å²) < 4.78 is 19.3. The molecule has 1 atom stereocenters.